The number of anilines is 2. The molecule has 0 saturated carbocycles. The third-order valence-electron chi connectivity index (χ3n) is 2.79. The minimum Gasteiger partial charge on any atom is -0.396 e. The topological polar surface area (TPSA) is 72.6 Å². The van der Waals surface area contributed by atoms with Crippen LogP contribution in [0, 0.1) is 0 Å². The van der Waals surface area contributed by atoms with Gasteiger partial charge in [-0.05, 0) is 12.1 Å². The maximum Gasteiger partial charge on any atom is 0.177 e. The second-order valence-corrected chi connectivity index (χ2v) is 6.04. The molecule has 5 nitrogen and oxygen atoms in total. The summed E-state index contributed by atoms with van der Waals surface area (Å²) in [5.41, 5.74) is 7.04. The van der Waals surface area contributed by atoms with E-state index in [9.17, 15) is 8.42 Å². The third kappa shape index (κ3) is 2.53. The maximum atomic E-state index is 11.6. The molecule has 0 aromatic heterocycles. The van der Waals surface area contributed by atoms with E-state index in [1.807, 2.05) is 11.0 Å². The lowest BCUT2D eigenvalue weighted by atomic mass is 10.2. The summed E-state index contributed by atoms with van der Waals surface area (Å²) in [6, 6.07) is 5.10. The predicted octanol–water partition coefficient (Wildman–Crippen LogP) is 0.509. The first-order valence-corrected chi connectivity index (χ1v) is 7.30. The first-order chi connectivity index (χ1) is 8.00. The van der Waals surface area contributed by atoms with Crippen LogP contribution in [0.4, 0.5) is 11.4 Å². The van der Waals surface area contributed by atoms with Crippen LogP contribution in [0.3, 0.4) is 0 Å². The Bertz CT molecular complexity index is 507. The van der Waals surface area contributed by atoms with Crippen molar-refractivity contribution < 1.29 is 13.2 Å². The first kappa shape index (κ1) is 12.2. The summed E-state index contributed by atoms with van der Waals surface area (Å²) in [4.78, 5) is 2.24. The minimum atomic E-state index is -3.28. The van der Waals surface area contributed by atoms with Gasteiger partial charge in [0.05, 0.1) is 29.5 Å². The molecule has 6 heteroatoms. The van der Waals surface area contributed by atoms with Crippen molar-refractivity contribution in [1.82, 2.24) is 0 Å². The van der Waals surface area contributed by atoms with Crippen molar-refractivity contribution in [3.63, 3.8) is 0 Å². The highest BCUT2D eigenvalue weighted by Crippen LogP contribution is 2.30. The number of sulfone groups is 1. The number of nitrogens with two attached hydrogens (primary N) is 1. The van der Waals surface area contributed by atoms with Gasteiger partial charge in [-0.25, -0.2) is 8.42 Å². The van der Waals surface area contributed by atoms with E-state index >= 15 is 0 Å². The fourth-order valence-corrected chi connectivity index (χ4v) is 2.77. The molecule has 0 radical (unpaired) electrons. The molecule has 1 heterocycles. The molecule has 94 valence electrons. The molecule has 0 spiro atoms. The number of nitrogen functional groups attached to an aromatic ring is 1. The molecule has 1 aliphatic rings. The molecule has 0 unspecified atom stereocenters. The summed E-state index contributed by atoms with van der Waals surface area (Å²) in [5, 5.41) is 0. The largest absolute Gasteiger partial charge is 0.396 e. The summed E-state index contributed by atoms with van der Waals surface area (Å²) < 4.78 is 28.4. The molecule has 1 aromatic carbocycles. The number of rotatable bonds is 2. The van der Waals surface area contributed by atoms with E-state index in [1.54, 1.807) is 6.07 Å². The second kappa shape index (κ2) is 4.54. The van der Waals surface area contributed by atoms with Gasteiger partial charge in [0, 0.05) is 19.3 Å². The van der Waals surface area contributed by atoms with Gasteiger partial charge in [-0.1, -0.05) is 6.07 Å². The highest BCUT2D eigenvalue weighted by atomic mass is 32.2. The van der Waals surface area contributed by atoms with Crippen LogP contribution in [0.1, 0.15) is 0 Å². The lowest BCUT2D eigenvalue weighted by Crippen LogP contribution is -2.36. The highest BCUT2D eigenvalue weighted by Gasteiger charge is 2.19. The Balaban J connectivity index is 2.42. The van der Waals surface area contributed by atoms with Crippen molar-refractivity contribution in [3.05, 3.63) is 18.2 Å². The molecular weight excluding hydrogens is 240 g/mol. The lowest BCUT2D eigenvalue weighted by Gasteiger charge is -2.30. The van der Waals surface area contributed by atoms with Crippen molar-refractivity contribution in [3.8, 4) is 0 Å². The van der Waals surface area contributed by atoms with Crippen LogP contribution in [-0.2, 0) is 14.6 Å². The number of hydrogen-bond donors (Lipinski definition) is 1. The standard InChI is InChI=1S/C11H16N2O3S/c1-17(14,15)10-4-2-3-9(11(10)12)13-5-7-16-8-6-13/h2-4H,5-8,12H2,1H3. The number of morpholine rings is 1. The summed E-state index contributed by atoms with van der Waals surface area (Å²) in [5.74, 6) is 0. The van der Waals surface area contributed by atoms with E-state index in [4.69, 9.17) is 10.5 Å². The maximum absolute atomic E-state index is 11.6. The molecule has 2 N–H and O–H groups in total. The Morgan fingerprint density at radius 2 is 1.94 bits per heavy atom. The van der Waals surface area contributed by atoms with Gasteiger partial charge in [0.1, 0.15) is 0 Å². The summed E-state index contributed by atoms with van der Waals surface area (Å²) in [7, 11) is -3.28. The molecule has 1 saturated heterocycles. The fourth-order valence-electron chi connectivity index (χ4n) is 1.94. The Morgan fingerprint density at radius 1 is 1.29 bits per heavy atom. The average Bonchev–Trinajstić information content (AvgIpc) is 2.29. The van der Waals surface area contributed by atoms with Crippen molar-refractivity contribution >= 4 is 21.2 Å². The van der Waals surface area contributed by atoms with Crippen LogP contribution < -0.4 is 10.6 Å². The fraction of sp³-hybridized carbons (Fsp3) is 0.455. The van der Waals surface area contributed by atoms with Gasteiger partial charge in [-0.2, -0.15) is 0 Å². The van der Waals surface area contributed by atoms with Crippen LogP contribution >= 0.6 is 0 Å². The van der Waals surface area contributed by atoms with E-state index < -0.39 is 9.84 Å². The van der Waals surface area contributed by atoms with E-state index in [1.165, 1.54) is 12.3 Å². The minimum absolute atomic E-state index is 0.196. The Labute approximate surface area is 101 Å². The number of para-hydroxylation sites is 1. The summed E-state index contributed by atoms with van der Waals surface area (Å²) in [6.07, 6.45) is 1.17. The van der Waals surface area contributed by atoms with Gasteiger partial charge < -0.3 is 15.4 Å². The molecule has 0 bridgehead atoms. The van der Waals surface area contributed by atoms with Crippen molar-refractivity contribution in [1.29, 1.82) is 0 Å². The van der Waals surface area contributed by atoms with Crippen LogP contribution in [0.2, 0.25) is 0 Å². The SMILES string of the molecule is CS(=O)(=O)c1cccc(N2CCOCC2)c1N. The molecule has 1 aliphatic heterocycles. The number of benzene rings is 1. The molecule has 17 heavy (non-hydrogen) atoms. The van der Waals surface area contributed by atoms with Gasteiger partial charge in [-0.3, -0.25) is 0 Å². The number of hydrogen-bond acceptors (Lipinski definition) is 5. The van der Waals surface area contributed by atoms with Crippen molar-refractivity contribution in [2.24, 2.45) is 0 Å². The number of ether oxygens (including phenoxy) is 1. The molecule has 0 aliphatic carbocycles. The zero-order valence-corrected chi connectivity index (χ0v) is 10.5. The molecular formula is C11H16N2O3S. The molecule has 1 aromatic rings. The second-order valence-electron chi connectivity index (χ2n) is 4.06. The van der Waals surface area contributed by atoms with E-state index in [2.05, 4.69) is 0 Å². The molecule has 0 atom stereocenters. The normalized spacial score (nSPS) is 17.1. The van der Waals surface area contributed by atoms with Gasteiger partial charge in [-0.15, -0.1) is 0 Å². The van der Waals surface area contributed by atoms with E-state index in [-0.39, 0.29) is 4.90 Å². The monoisotopic (exact) mass is 256 g/mol. The third-order valence-corrected chi connectivity index (χ3v) is 3.95. The van der Waals surface area contributed by atoms with E-state index in [0.717, 1.165) is 18.8 Å². The Morgan fingerprint density at radius 3 is 2.53 bits per heavy atom. The van der Waals surface area contributed by atoms with Gasteiger partial charge in [0.2, 0.25) is 0 Å². The Kier molecular flexibility index (Phi) is 3.26. The Hall–Kier alpha value is -1.27. The number of nitrogens with zero attached hydrogens (tertiary/aromatic N) is 1. The molecule has 0 amide bonds. The van der Waals surface area contributed by atoms with E-state index in [0.29, 0.717) is 18.9 Å². The lowest BCUT2D eigenvalue weighted by molar-refractivity contribution is 0.123. The van der Waals surface area contributed by atoms with Crippen LogP contribution in [0.25, 0.3) is 0 Å². The summed E-state index contributed by atoms with van der Waals surface area (Å²) >= 11 is 0. The van der Waals surface area contributed by atoms with Gasteiger partial charge in [0.15, 0.2) is 9.84 Å². The van der Waals surface area contributed by atoms with Gasteiger partial charge >= 0.3 is 0 Å². The van der Waals surface area contributed by atoms with Crippen LogP contribution in [-0.4, -0.2) is 41.0 Å². The van der Waals surface area contributed by atoms with Crippen LogP contribution in [0.15, 0.2) is 23.1 Å². The average molecular weight is 256 g/mol. The zero-order valence-electron chi connectivity index (χ0n) is 9.72. The van der Waals surface area contributed by atoms with Crippen molar-refractivity contribution in [2.45, 2.75) is 4.90 Å². The first-order valence-electron chi connectivity index (χ1n) is 5.41. The summed E-state index contributed by atoms with van der Waals surface area (Å²) in [6.45, 7) is 2.75. The van der Waals surface area contributed by atoms with Crippen molar-refractivity contribution in [2.75, 3.05) is 43.2 Å². The predicted molar refractivity (Wildman–Crippen MR) is 67.0 cm³/mol. The zero-order chi connectivity index (χ0) is 12.5. The van der Waals surface area contributed by atoms with Crippen LogP contribution in [0.5, 0.6) is 0 Å². The quantitative estimate of drug-likeness (QED) is 0.780. The highest BCUT2D eigenvalue weighted by molar-refractivity contribution is 7.90. The molecule has 2 rings (SSSR count). The van der Waals surface area contributed by atoms with Gasteiger partial charge in [0.25, 0.3) is 0 Å². The molecule has 1 fully saturated rings. The smallest absolute Gasteiger partial charge is 0.177 e.